The van der Waals surface area contributed by atoms with Crippen molar-refractivity contribution in [2.75, 3.05) is 0 Å². The quantitative estimate of drug-likeness (QED) is 0.302. The largest absolute Gasteiger partial charge is 0.248 e. The summed E-state index contributed by atoms with van der Waals surface area (Å²) in [6.07, 6.45) is 6.23. The van der Waals surface area contributed by atoms with Crippen LogP contribution in [0.5, 0.6) is 0 Å². The van der Waals surface area contributed by atoms with Crippen LogP contribution in [-0.4, -0.2) is 4.57 Å². The van der Waals surface area contributed by atoms with E-state index in [0.29, 0.717) is 0 Å². The van der Waals surface area contributed by atoms with Gasteiger partial charge in [-0.3, -0.25) is 0 Å². The molecule has 0 atom stereocenters. The van der Waals surface area contributed by atoms with E-state index < -0.39 is 0 Å². The number of benzene rings is 3. The summed E-state index contributed by atoms with van der Waals surface area (Å²) in [6.45, 7) is 8.33. The molecule has 148 valence electrons. The number of nitrogens with zero attached hydrogens (tertiary/aromatic N) is 2. The lowest BCUT2D eigenvalue weighted by molar-refractivity contribution is -0.670. The highest BCUT2D eigenvalue weighted by Gasteiger charge is 2.10. The molecule has 1 heterocycles. The van der Waals surface area contributed by atoms with E-state index in [4.69, 9.17) is 0 Å². The molecule has 0 fully saturated rings. The van der Waals surface area contributed by atoms with Gasteiger partial charge in [-0.2, -0.15) is 0 Å². The molecule has 0 spiro atoms. The SMILES string of the molecule is CC#Cc1cc(C)cc(-c2cc(C)cc(-c3cc(C)cc(-n4cc[n+](C)c4)c3)c2)c1. The van der Waals surface area contributed by atoms with Crippen LogP contribution < -0.4 is 4.57 Å². The minimum atomic E-state index is 1.06. The van der Waals surface area contributed by atoms with Gasteiger partial charge in [0, 0.05) is 5.56 Å². The van der Waals surface area contributed by atoms with Gasteiger partial charge in [0.15, 0.2) is 0 Å². The summed E-state index contributed by atoms with van der Waals surface area (Å²) in [4.78, 5) is 0. The van der Waals surface area contributed by atoms with Crippen molar-refractivity contribution in [3.63, 3.8) is 0 Å². The first kappa shape index (κ1) is 19.7. The average Bonchev–Trinajstić information content (AvgIpc) is 3.13. The minimum Gasteiger partial charge on any atom is -0.239 e. The van der Waals surface area contributed by atoms with Gasteiger partial charge in [-0.25, -0.2) is 9.13 Å². The molecule has 2 nitrogen and oxygen atoms in total. The van der Waals surface area contributed by atoms with Gasteiger partial charge in [-0.15, -0.1) is 5.92 Å². The highest BCUT2D eigenvalue weighted by Crippen LogP contribution is 2.31. The first-order chi connectivity index (χ1) is 14.4. The first-order valence-corrected chi connectivity index (χ1v) is 10.2. The van der Waals surface area contributed by atoms with E-state index in [9.17, 15) is 0 Å². The Kier molecular flexibility index (Phi) is 5.29. The van der Waals surface area contributed by atoms with E-state index in [1.165, 1.54) is 44.6 Å². The molecule has 0 saturated heterocycles. The monoisotopic (exact) mass is 391 g/mol. The van der Waals surface area contributed by atoms with E-state index >= 15 is 0 Å². The van der Waals surface area contributed by atoms with Crippen molar-refractivity contribution in [1.29, 1.82) is 0 Å². The number of rotatable bonds is 3. The molecule has 0 aliphatic rings. The fraction of sp³-hybridized carbons (Fsp3) is 0.179. The summed E-state index contributed by atoms with van der Waals surface area (Å²) < 4.78 is 4.21. The van der Waals surface area contributed by atoms with Crippen LogP contribution in [-0.2, 0) is 7.05 Å². The molecular formula is C28H27N2+. The summed E-state index contributed by atoms with van der Waals surface area (Å²) in [6, 6.07) is 20.1. The van der Waals surface area contributed by atoms with Crippen molar-refractivity contribution < 1.29 is 4.57 Å². The van der Waals surface area contributed by atoms with E-state index in [1.54, 1.807) is 0 Å². The van der Waals surface area contributed by atoms with Gasteiger partial charge in [0.25, 0.3) is 0 Å². The number of aryl methyl sites for hydroxylation is 4. The van der Waals surface area contributed by atoms with E-state index in [1.807, 2.05) is 14.0 Å². The Balaban J connectivity index is 1.83. The Morgan fingerprint density at radius 2 is 1.27 bits per heavy atom. The highest BCUT2D eigenvalue weighted by atomic mass is 15.1. The molecule has 0 saturated carbocycles. The Morgan fingerprint density at radius 3 is 1.87 bits per heavy atom. The molecule has 1 aromatic heterocycles. The summed E-state index contributed by atoms with van der Waals surface area (Å²) in [5, 5.41) is 0. The van der Waals surface area contributed by atoms with Crippen LogP contribution in [0.1, 0.15) is 29.2 Å². The maximum absolute atomic E-state index is 3.20. The van der Waals surface area contributed by atoms with Crippen LogP contribution in [0.3, 0.4) is 0 Å². The van der Waals surface area contributed by atoms with E-state index in [0.717, 1.165) is 5.56 Å². The lowest BCUT2D eigenvalue weighted by Crippen LogP contribution is -2.23. The van der Waals surface area contributed by atoms with Gasteiger partial charge < -0.3 is 0 Å². The van der Waals surface area contributed by atoms with Crippen LogP contribution in [0.4, 0.5) is 0 Å². The Labute approximate surface area is 179 Å². The second-order valence-corrected chi connectivity index (χ2v) is 8.09. The molecule has 0 amide bonds. The first-order valence-electron chi connectivity index (χ1n) is 10.2. The number of hydrogen-bond donors (Lipinski definition) is 0. The molecule has 0 N–H and O–H groups in total. The van der Waals surface area contributed by atoms with Crippen molar-refractivity contribution in [2.24, 2.45) is 7.05 Å². The van der Waals surface area contributed by atoms with Gasteiger partial charge in [-0.05, 0) is 97.0 Å². The molecule has 2 heteroatoms. The van der Waals surface area contributed by atoms with Crippen molar-refractivity contribution in [3.8, 4) is 39.8 Å². The van der Waals surface area contributed by atoms with Crippen LogP contribution in [0.15, 0.2) is 73.3 Å². The molecule has 3 aromatic carbocycles. The minimum absolute atomic E-state index is 1.06. The third-order valence-electron chi connectivity index (χ3n) is 5.22. The molecule has 0 radical (unpaired) electrons. The molecule has 0 bridgehead atoms. The summed E-state index contributed by atoms with van der Waals surface area (Å²) in [5.41, 5.74) is 10.9. The second-order valence-electron chi connectivity index (χ2n) is 8.09. The van der Waals surface area contributed by atoms with Gasteiger partial charge in [0.05, 0.1) is 7.05 Å². The lowest BCUT2D eigenvalue weighted by Gasteiger charge is -2.11. The lowest BCUT2D eigenvalue weighted by atomic mass is 9.94. The van der Waals surface area contributed by atoms with Gasteiger partial charge in [0.2, 0.25) is 6.33 Å². The third-order valence-corrected chi connectivity index (χ3v) is 5.22. The van der Waals surface area contributed by atoms with Gasteiger partial charge in [0.1, 0.15) is 18.1 Å². The summed E-state index contributed by atoms with van der Waals surface area (Å²) in [7, 11) is 2.04. The standard InChI is InChI=1S/C28H27N2/c1-6-7-23-10-20(2)11-24(16-23)25-12-21(3)13-26(17-25)27-14-22(4)15-28(18-27)30-9-8-29(5)19-30/h8-19H,1-5H3/q+1. The maximum Gasteiger partial charge on any atom is 0.248 e. The second kappa shape index (κ2) is 8.05. The molecule has 30 heavy (non-hydrogen) atoms. The Bertz CT molecular complexity index is 1300. The Morgan fingerprint density at radius 1 is 0.700 bits per heavy atom. The van der Waals surface area contributed by atoms with Crippen molar-refractivity contribution >= 4 is 0 Å². The zero-order valence-corrected chi connectivity index (χ0v) is 18.3. The van der Waals surface area contributed by atoms with Crippen molar-refractivity contribution in [3.05, 3.63) is 95.6 Å². The van der Waals surface area contributed by atoms with Crippen molar-refractivity contribution in [2.45, 2.75) is 27.7 Å². The topological polar surface area (TPSA) is 8.81 Å². The predicted octanol–water partition coefficient (Wildman–Crippen LogP) is 5.93. The molecule has 0 aliphatic heterocycles. The molecular weight excluding hydrogens is 364 g/mol. The maximum atomic E-state index is 3.20. The fourth-order valence-electron chi connectivity index (χ4n) is 3.96. The summed E-state index contributed by atoms with van der Waals surface area (Å²) in [5.74, 6) is 6.21. The predicted molar refractivity (Wildman–Crippen MR) is 125 cm³/mol. The van der Waals surface area contributed by atoms with Gasteiger partial charge in [-0.1, -0.05) is 30.2 Å². The smallest absolute Gasteiger partial charge is 0.239 e. The zero-order valence-electron chi connectivity index (χ0n) is 18.3. The third kappa shape index (κ3) is 4.21. The van der Waals surface area contributed by atoms with Gasteiger partial charge >= 0.3 is 0 Å². The molecule has 4 rings (SSSR count). The normalized spacial score (nSPS) is 10.6. The molecule has 0 unspecified atom stereocenters. The van der Waals surface area contributed by atoms with E-state index in [-0.39, 0.29) is 0 Å². The number of imidazole rings is 1. The fourth-order valence-corrected chi connectivity index (χ4v) is 3.96. The summed E-state index contributed by atoms with van der Waals surface area (Å²) >= 11 is 0. The number of aromatic nitrogens is 2. The number of hydrogen-bond acceptors (Lipinski definition) is 0. The van der Waals surface area contributed by atoms with E-state index in [2.05, 4.69) is 115 Å². The zero-order chi connectivity index (χ0) is 21.3. The van der Waals surface area contributed by atoms with Crippen LogP contribution in [0, 0.1) is 32.6 Å². The molecule has 4 aromatic rings. The average molecular weight is 392 g/mol. The molecule has 0 aliphatic carbocycles. The highest BCUT2D eigenvalue weighted by molar-refractivity contribution is 5.76. The Hall–Kier alpha value is -3.57. The van der Waals surface area contributed by atoms with Crippen LogP contribution in [0.2, 0.25) is 0 Å². The van der Waals surface area contributed by atoms with Crippen molar-refractivity contribution in [1.82, 2.24) is 4.57 Å². The van der Waals surface area contributed by atoms with Crippen LogP contribution in [0.25, 0.3) is 27.9 Å². The van der Waals surface area contributed by atoms with Crippen LogP contribution >= 0.6 is 0 Å².